The summed E-state index contributed by atoms with van der Waals surface area (Å²) in [5, 5.41) is 5.05. The summed E-state index contributed by atoms with van der Waals surface area (Å²) in [6.07, 6.45) is 0.350. The number of carbonyl (C=O) groups excluding carboxylic acids is 3. The molecule has 8 heteroatoms. The number of hydrogen-bond donors (Lipinski definition) is 1. The Morgan fingerprint density at radius 2 is 1.64 bits per heavy atom. The van der Waals surface area contributed by atoms with E-state index in [1.165, 1.54) is 11.3 Å². The second kappa shape index (κ2) is 9.54. The highest BCUT2D eigenvalue weighted by molar-refractivity contribution is 7.14. The number of carbonyl (C=O) groups is 3. The highest BCUT2D eigenvalue weighted by atomic mass is 32.1. The van der Waals surface area contributed by atoms with E-state index in [0.717, 1.165) is 10.5 Å². The average Bonchev–Trinajstić information content (AvgIpc) is 3.36. The minimum atomic E-state index is -0.930. The molecule has 1 aliphatic heterocycles. The molecule has 0 radical (unpaired) electrons. The zero-order chi connectivity index (χ0) is 23.5. The maximum absolute atomic E-state index is 13.3. The van der Waals surface area contributed by atoms with Gasteiger partial charge in [-0.05, 0) is 43.5 Å². The first-order chi connectivity index (χ1) is 15.9. The number of fused-ring (bicyclic) bond motifs is 1. The third-order valence-corrected chi connectivity index (χ3v) is 6.09. The summed E-state index contributed by atoms with van der Waals surface area (Å²) in [6, 6.07) is 13.3. The van der Waals surface area contributed by atoms with Gasteiger partial charge in [0.15, 0.2) is 5.13 Å². The molecule has 1 N–H and O–H groups in total. The normalized spacial score (nSPS) is 13.9. The molecule has 0 spiro atoms. The number of benzene rings is 2. The van der Waals surface area contributed by atoms with Crippen molar-refractivity contribution in [2.45, 2.75) is 33.2 Å². The molecule has 0 bridgehead atoms. The smallest absolute Gasteiger partial charge is 0.262 e. The summed E-state index contributed by atoms with van der Waals surface area (Å²) in [4.78, 5) is 44.9. The van der Waals surface area contributed by atoms with Crippen molar-refractivity contribution >= 4 is 34.2 Å². The van der Waals surface area contributed by atoms with Gasteiger partial charge in [-0.25, -0.2) is 4.98 Å². The Kier molecular flexibility index (Phi) is 6.55. The van der Waals surface area contributed by atoms with Crippen molar-refractivity contribution in [3.63, 3.8) is 0 Å². The van der Waals surface area contributed by atoms with Gasteiger partial charge < -0.3 is 10.1 Å². The van der Waals surface area contributed by atoms with E-state index < -0.39 is 23.8 Å². The maximum Gasteiger partial charge on any atom is 0.262 e. The standard InChI is InChI=1S/C25H25N3O4S/c1-4-32-21-12-8-7-11-18(21)19-14-33-25(26-19)27-22(29)20(13-15(2)3)28-23(30)16-9-5-6-10-17(16)24(28)31/h5-12,14-15,20H,4,13H2,1-3H3,(H,26,27,29). The van der Waals surface area contributed by atoms with Crippen LogP contribution in [0.3, 0.4) is 0 Å². The third kappa shape index (κ3) is 4.52. The second-order valence-corrected chi connectivity index (χ2v) is 8.99. The molecular formula is C25H25N3O4S. The Bertz CT molecular complexity index is 1170. The number of amides is 3. The lowest BCUT2D eigenvalue weighted by atomic mass is 10.0. The predicted octanol–water partition coefficient (Wildman–Crippen LogP) is 4.86. The first kappa shape index (κ1) is 22.7. The number of anilines is 1. The molecule has 0 aliphatic carbocycles. The Hall–Kier alpha value is -3.52. The van der Waals surface area contributed by atoms with Crippen LogP contribution in [0.1, 0.15) is 47.9 Å². The van der Waals surface area contributed by atoms with Gasteiger partial charge in [0.1, 0.15) is 11.8 Å². The largest absolute Gasteiger partial charge is 0.493 e. The quantitative estimate of drug-likeness (QED) is 0.482. The van der Waals surface area contributed by atoms with Crippen LogP contribution in [0, 0.1) is 5.92 Å². The molecule has 0 saturated carbocycles. The first-order valence-corrected chi connectivity index (χ1v) is 11.7. The minimum Gasteiger partial charge on any atom is -0.493 e. The number of hydrogen-bond acceptors (Lipinski definition) is 6. The van der Waals surface area contributed by atoms with E-state index in [2.05, 4.69) is 10.3 Å². The van der Waals surface area contributed by atoms with Crippen molar-refractivity contribution in [1.82, 2.24) is 9.88 Å². The van der Waals surface area contributed by atoms with Crippen LogP contribution < -0.4 is 10.1 Å². The van der Waals surface area contributed by atoms with E-state index >= 15 is 0 Å². The molecule has 2 heterocycles. The van der Waals surface area contributed by atoms with Crippen molar-refractivity contribution in [2.24, 2.45) is 5.92 Å². The van der Waals surface area contributed by atoms with E-state index in [1.54, 1.807) is 24.3 Å². The van der Waals surface area contributed by atoms with E-state index in [4.69, 9.17) is 4.74 Å². The van der Waals surface area contributed by atoms with E-state index in [0.29, 0.717) is 40.7 Å². The van der Waals surface area contributed by atoms with Gasteiger partial charge in [-0.3, -0.25) is 19.3 Å². The lowest BCUT2D eigenvalue weighted by molar-refractivity contribution is -0.120. The Labute approximate surface area is 196 Å². The molecule has 7 nitrogen and oxygen atoms in total. The number of para-hydroxylation sites is 1. The fourth-order valence-corrected chi connectivity index (χ4v) is 4.58. The van der Waals surface area contributed by atoms with Gasteiger partial charge in [-0.1, -0.05) is 38.1 Å². The minimum absolute atomic E-state index is 0.0926. The van der Waals surface area contributed by atoms with Crippen LogP contribution in [0.5, 0.6) is 5.75 Å². The monoisotopic (exact) mass is 463 g/mol. The molecule has 170 valence electrons. The second-order valence-electron chi connectivity index (χ2n) is 8.13. The van der Waals surface area contributed by atoms with Gasteiger partial charge in [-0.15, -0.1) is 11.3 Å². The van der Waals surface area contributed by atoms with E-state index in [9.17, 15) is 14.4 Å². The number of nitrogens with zero attached hydrogens (tertiary/aromatic N) is 2. The van der Waals surface area contributed by atoms with Gasteiger partial charge >= 0.3 is 0 Å². The highest BCUT2D eigenvalue weighted by Crippen LogP contribution is 2.33. The Morgan fingerprint density at radius 1 is 1.03 bits per heavy atom. The number of thiazole rings is 1. The lowest BCUT2D eigenvalue weighted by Gasteiger charge is -2.26. The number of imide groups is 1. The molecule has 33 heavy (non-hydrogen) atoms. The van der Waals surface area contributed by atoms with E-state index in [-0.39, 0.29) is 5.92 Å². The predicted molar refractivity (Wildman–Crippen MR) is 128 cm³/mol. The molecule has 1 aromatic heterocycles. The third-order valence-electron chi connectivity index (χ3n) is 5.33. The topological polar surface area (TPSA) is 88.6 Å². The summed E-state index contributed by atoms with van der Waals surface area (Å²) in [6.45, 7) is 6.34. The Balaban J connectivity index is 1.58. The zero-order valence-corrected chi connectivity index (χ0v) is 19.5. The first-order valence-electron chi connectivity index (χ1n) is 10.9. The van der Waals surface area contributed by atoms with Gasteiger partial charge in [0.05, 0.1) is 23.4 Å². The SMILES string of the molecule is CCOc1ccccc1-c1csc(NC(=O)C(CC(C)C)N2C(=O)c3ccccc3C2=O)n1. The van der Waals surface area contributed by atoms with Crippen molar-refractivity contribution < 1.29 is 19.1 Å². The molecular weight excluding hydrogens is 438 g/mol. The molecule has 3 aromatic rings. The van der Waals surface area contributed by atoms with Crippen LogP contribution in [0.15, 0.2) is 53.9 Å². The molecule has 2 aromatic carbocycles. The molecule has 1 unspecified atom stereocenters. The number of ether oxygens (including phenoxy) is 1. The van der Waals surface area contributed by atoms with E-state index in [1.807, 2.05) is 50.4 Å². The van der Waals surface area contributed by atoms with Crippen LogP contribution >= 0.6 is 11.3 Å². The molecule has 1 atom stereocenters. The van der Waals surface area contributed by atoms with Crippen molar-refractivity contribution in [2.75, 3.05) is 11.9 Å². The number of nitrogens with one attached hydrogen (secondary N) is 1. The molecule has 0 fully saturated rings. The number of aromatic nitrogens is 1. The summed E-state index contributed by atoms with van der Waals surface area (Å²) in [7, 11) is 0. The van der Waals surface area contributed by atoms with Crippen LogP contribution in [0.25, 0.3) is 11.3 Å². The van der Waals surface area contributed by atoms with Crippen LogP contribution in [-0.4, -0.2) is 40.3 Å². The molecule has 0 saturated heterocycles. The Morgan fingerprint density at radius 3 is 2.24 bits per heavy atom. The van der Waals surface area contributed by atoms with Crippen molar-refractivity contribution in [3.8, 4) is 17.0 Å². The van der Waals surface area contributed by atoms with Gasteiger partial charge in [-0.2, -0.15) is 0 Å². The fourth-order valence-electron chi connectivity index (χ4n) is 3.87. The van der Waals surface area contributed by atoms with Gasteiger partial charge in [0, 0.05) is 10.9 Å². The summed E-state index contributed by atoms with van der Waals surface area (Å²) < 4.78 is 5.68. The van der Waals surface area contributed by atoms with Crippen molar-refractivity contribution in [3.05, 3.63) is 65.0 Å². The fraction of sp³-hybridized carbons (Fsp3) is 0.280. The number of rotatable bonds is 8. The van der Waals surface area contributed by atoms with Crippen LogP contribution in [-0.2, 0) is 4.79 Å². The molecule has 3 amide bonds. The highest BCUT2D eigenvalue weighted by Gasteiger charge is 2.42. The summed E-state index contributed by atoms with van der Waals surface area (Å²) in [5.74, 6) is -0.511. The summed E-state index contributed by atoms with van der Waals surface area (Å²) in [5.41, 5.74) is 2.16. The molecule has 4 rings (SSSR count). The lowest BCUT2D eigenvalue weighted by Crippen LogP contribution is -2.47. The molecule has 1 aliphatic rings. The van der Waals surface area contributed by atoms with Gasteiger partial charge in [0.2, 0.25) is 5.91 Å². The van der Waals surface area contributed by atoms with Gasteiger partial charge in [0.25, 0.3) is 11.8 Å². The average molecular weight is 464 g/mol. The maximum atomic E-state index is 13.3. The van der Waals surface area contributed by atoms with Crippen LogP contribution in [0.2, 0.25) is 0 Å². The zero-order valence-electron chi connectivity index (χ0n) is 18.7. The summed E-state index contributed by atoms with van der Waals surface area (Å²) >= 11 is 1.28. The van der Waals surface area contributed by atoms with Crippen LogP contribution in [0.4, 0.5) is 5.13 Å². The van der Waals surface area contributed by atoms with Crippen molar-refractivity contribution in [1.29, 1.82) is 0 Å².